The third-order valence-electron chi connectivity index (χ3n) is 1.85. The van der Waals surface area contributed by atoms with Crippen molar-refractivity contribution in [3.8, 4) is 0 Å². The van der Waals surface area contributed by atoms with Gasteiger partial charge in [0.25, 0.3) is 0 Å². The second-order valence-electron chi connectivity index (χ2n) is 3.48. The maximum absolute atomic E-state index is 10.7. The van der Waals surface area contributed by atoms with Gasteiger partial charge in [0.2, 0.25) is 11.8 Å². The van der Waals surface area contributed by atoms with E-state index in [-0.39, 0.29) is 11.8 Å². The van der Waals surface area contributed by atoms with Crippen molar-refractivity contribution in [2.75, 3.05) is 0 Å². The fourth-order valence-electron chi connectivity index (χ4n) is 1.13. The molecule has 94 valence electrons. The van der Waals surface area contributed by atoms with Gasteiger partial charge >= 0.3 is 0 Å². The lowest BCUT2D eigenvalue weighted by molar-refractivity contribution is -0.119. The molecule has 1 aromatic rings. The lowest BCUT2D eigenvalue weighted by Crippen LogP contribution is -2.13. The van der Waals surface area contributed by atoms with Crippen molar-refractivity contribution in [3.63, 3.8) is 0 Å². The molecule has 0 bridgehead atoms. The first-order valence-electron chi connectivity index (χ1n) is 5.28. The van der Waals surface area contributed by atoms with Gasteiger partial charge in [0.15, 0.2) is 0 Å². The summed E-state index contributed by atoms with van der Waals surface area (Å²) >= 11 is 0. The van der Waals surface area contributed by atoms with E-state index in [1.165, 1.54) is 26.3 Å². The lowest BCUT2D eigenvalue weighted by atomic mass is 10.1. The van der Waals surface area contributed by atoms with Crippen LogP contribution in [0.4, 0.5) is 0 Å². The summed E-state index contributed by atoms with van der Waals surface area (Å²) in [5.74, 6) is -0.480. The minimum atomic E-state index is -0.240. The van der Waals surface area contributed by atoms with Crippen LogP contribution >= 0.6 is 0 Å². The van der Waals surface area contributed by atoms with E-state index in [9.17, 15) is 9.59 Å². The van der Waals surface area contributed by atoms with Crippen LogP contribution in [0.5, 0.6) is 0 Å². The molecule has 0 atom stereocenters. The van der Waals surface area contributed by atoms with E-state index in [1.807, 2.05) is 24.3 Å². The summed E-state index contributed by atoms with van der Waals surface area (Å²) in [5, 5.41) is 7.54. The van der Waals surface area contributed by atoms with Crippen LogP contribution in [0.15, 0.2) is 34.5 Å². The number of carbonyl (C=O) groups is 2. The topological polar surface area (TPSA) is 82.9 Å². The molecule has 2 N–H and O–H groups in total. The van der Waals surface area contributed by atoms with Gasteiger partial charge in [-0.2, -0.15) is 10.2 Å². The minimum absolute atomic E-state index is 0.240. The average Bonchev–Trinajstić information content (AvgIpc) is 2.30. The molecule has 0 spiro atoms. The van der Waals surface area contributed by atoms with Crippen LogP contribution in [0, 0.1) is 0 Å². The Morgan fingerprint density at radius 2 is 1.33 bits per heavy atom. The van der Waals surface area contributed by atoms with Crippen molar-refractivity contribution < 1.29 is 9.59 Å². The van der Waals surface area contributed by atoms with E-state index in [2.05, 4.69) is 21.1 Å². The fourth-order valence-corrected chi connectivity index (χ4v) is 1.13. The molecule has 2 amide bonds. The first kappa shape index (κ1) is 13.6. The number of hydrazone groups is 2. The van der Waals surface area contributed by atoms with E-state index in [0.29, 0.717) is 0 Å². The molecule has 0 fully saturated rings. The Labute approximate surface area is 105 Å². The number of hydrogen-bond acceptors (Lipinski definition) is 4. The second-order valence-corrected chi connectivity index (χ2v) is 3.48. The summed E-state index contributed by atoms with van der Waals surface area (Å²) in [6, 6.07) is 7.32. The number of nitrogens with zero attached hydrogens (tertiary/aromatic N) is 2. The van der Waals surface area contributed by atoms with Crippen molar-refractivity contribution in [1.29, 1.82) is 0 Å². The van der Waals surface area contributed by atoms with Crippen molar-refractivity contribution >= 4 is 24.2 Å². The molecule has 6 nitrogen and oxygen atoms in total. The van der Waals surface area contributed by atoms with Crippen LogP contribution < -0.4 is 10.9 Å². The van der Waals surface area contributed by atoms with Gasteiger partial charge in [0.1, 0.15) is 0 Å². The molecule has 0 saturated carbocycles. The van der Waals surface area contributed by atoms with Crippen LogP contribution in [0.1, 0.15) is 25.0 Å². The first-order valence-corrected chi connectivity index (χ1v) is 5.28. The normalized spacial score (nSPS) is 10.8. The van der Waals surface area contributed by atoms with E-state index in [0.717, 1.165) is 11.1 Å². The fraction of sp³-hybridized carbons (Fsp3) is 0.167. The molecule has 18 heavy (non-hydrogen) atoms. The average molecular weight is 246 g/mol. The van der Waals surface area contributed by atoms with Crippen LogP contribution in [0.3, 0.4) is 0 Å². The van der Waals surface area contributed by atoms with Crippen LogP contribution in [-0.2, 0) is 9.59 Å². The molecule has 0 aliphatic heterocycles. The van der Waals surface area contributed by atoms with Crippen LogP contribution in [0.25, 0.3) is 0 Å². The molecule has 0 aromatic heterocycles. The van der Waals surface area contributed by atoms with Gasteiger partial charge in [-0.25, -0.2) is 10.9 Å². The van der Waals surface area contributed by atoms with Crippen molar-refractivity contribution in [1.82, 2.24) is 10.9 Å². The molecule has 0 unspecified atom stereocenters. The smallest absolute Gasteiger partial charge is 0.236 e. The highest BCUT2D eigenvalue weighted by molar-refractivity contribution is 5.94. The van der Waals surface area contributed by atoms with Gasteiger partial charge < -0.3 is 0 Å². The molecule has 0 aliphatic rings. The standard InChI is InChI=1S/C12H14N4O2/c1-9(17)15-13-7-11-5-3-4-6-12(11)8-14-16-10(2)18/h3-8H,1-2H3,(H,15,17)(H,16,18)/b13-7-,14-8-. The summed E-state index contributed by atoms with van der Waals surface area (Å²) in [7, 11) is 0. The number of hydrogen-bond donors (Lipinski definition) is 2. The number of rotatable bonds is 4. The molecule has 1 aromatic carbocycles. The zero-order valence-corrected chi connectivity index (χ0v) is 10.2. The van der Waals surface area contributed by atoms with Crippen LogP contribution in [0.2, 0.25) is 0 Å². The number of benzene rings is 1. The quantitative estimate of drug-likeness (QED) is 0.603. The Balaban J connectivity index is 2.79. The Hall–Kier alpha value is -2.50. The summed E-state index contributed by atoms with van der Waals surface area (Å²) in [5.41, 5.74) is 6.18. The maximum atomic E-state index is 10.7. The summed E-state index contributed by atoms with van der Waals surface area (Å²) in [6.45, 7) is 2.75. The van der Waals surface area contributed by atoms with Crippen molar-refractivity contribution in [2.24, 2.45) is 10.2 Å². The Morgan fingerprint density at radius 3 is 1.67 bits per heavy atom. The largest absolute Gasteiger partial charge is 0.274 e. The number of carbonyl (C=O) groups excluding carboxylic acids is 2. The maximum Gasteiger partial charge on any atom is 0.236 e. The molecular formula is C12H14N4O2. The number of amides is 2. The van der Waals surface area contributed by atoms with Gasteiger partial charge in [-0.1, -0.05) is 24.3 Å². The predicted octanol–water partition coefficient (Wildman–Crippen LogP) is 0.627. The molecule has 0 saturated heterocycles. The third kappa shape index (κ3) is 5.02. The molecule has 0 aliphatic carbocycles. The second kappa shape index (κ2) is 6.95. The van der Waals surface area contributed by atoms with E-state index in [4.69, 9.17) is 0 Å². The Kier molecular flexibility index (Phi) is 5.24. The zero-order valence-electron chi connectivity index (χ0n) is 10.2. The molecule has 0 radical (unpaired) electrons. The summed E-state index contributed by atoms with van der Waals surface area (Å²) < 4.78 is 0. The SMILES string of the molecule is CC(=O)N/N=C\c1ccccc1/C=N\NC(C)=O. The number of nitrogens with one attached hydrogen (secondary N) is 2. The molecule has 6 heteroatoms. The van der Waals surface area contributed by atoms with Crippen LogP contribution in [-0.4, -0.2) is 24.2 Å². The molecule has 0 heterocycles. The highest BCUT2D eigenvalue weighted by Crippen LogP contribution is 2.02. The highest BCUT2D eigenvalue weighted by Gasteiger charge is 1.96. The zero-order chi connectivity index (χ0) is 13.4. The first-order chi connectivity index (χ1) is 8.59. The van der Waals surface area contributed by atoms with Gasteiger partial charge in [-0.05, 0) is 0 Å². The van der Waals surface area contributed by atoms with Gasteiger partial charge in [-0.3, -0.25) is 9.59 Å². The predicted molar refractivity (Wildman–Crippen MR) is 69.3 cm³/mol. The summed E-state index contributed by atoms with van der Waals surface area (Å²) in [4.78, 5) is 21.3. The molecule has 1 rings (SSSR count). The van der Waals surface area contributed by atoms with Gasteiger partial charge in [0, 0.05) is 25.0 Å². The van der Waals surface area contributed by atoms with E-state index >= 15 is 0 Å². The van der Waals surface area contributed by atoms with Crippen molar-refractivity contribution in [2.45, 2.75) is 13.8 Å². The lowest BCUT2D eigenvalue weighted by Gasteiger charge is -1.99. The minimum Gasteiger partial charge on any atom is -0.274 e. The van der Waals surface area contributed by atoms with E-state index < -0.39 is 0 Å². The highest BCUT2D eigenvalue weighted by atomic mass is 16.2. The Bertz CT molecular complexity index is 450. The van der Waals surface area contributed by atoms with Crippen molar-refractivity contribution in [3.05, 3.63) is 35.4 Å². The van der Waals surface area contributed by atoms with E-state index in [1.54, 1.807) is 0 Å². The summed E-state index contributed by atoms with van der Waals surface area (Å²) in [6.07, 6.45) is 3.02. The third-order valence-corrected chi connectivity index (χ3v) is 1.85. The monoisotopic (exact) mass is 246 g/mol. The Morgan fingerprint density at radius 1 is 0.944 bits per heavy atom. The van der Waals surface area contributed by atoms with Gasteiger partial charge in [-0.15, -0.1) is 0 Å². The van der Waals surface area contributed by atoms with Gasteiger partial charge in [0.05, 0.1) is 12.4 Å². The molecular weight excluding hydrogens is 232 g/mol.